The summed E-state index contributed by atoms with van der Waals surface area (Å²) < 4.78 is 2.04. The van der Waals surface area contributed by atoms with Crippen molar-refractivity contribution in [1.29, 1.82) is 0 Å². The van der Waals surface area contributed by atoms with Gasteiger partial charge in [0.25, 0.3) is 0 Å². The molecule has 0 N–H and O–H groups in total. The molecular formula is C12H12IN2P. The molecule has 0 saturated heterocycles. The van der Waals surface area contributed by atoms with Crippen molar-refractivity contribution in [2.75, 3.05) is 0 Å². The molecular weight excluding hydrogens is 330 g/mol. The number of nitrogens with zero attached hydrogens (tertiary/aromatic N) is 2. The molecule has 0 spiro atoms. The van der Waals surface area contributed by atoms with E-state index in [2.05, 4.69) is 65.0 Å². The van der Waals surface area contributed by atoms with Gasteiger partial charge in [0.15, 0.2) is 0 Å². The Labute approximate surface area is 110 Å². The van der Waals surface area contributed by atoms with Crippen molar-refractivity contribution < 1.29 is 0 Å². The average molecular weight is 342 g/mol. The Morgan fingerprint density at radius 2 is 2.31 bits per heavy atom. The Kier molecular flexibility index (Phi) is 3.83. The second-order valence-corrected chi connectivity index (χ2v) is 5.57. The van der Waals surface area contributed by atoms with E-state index in [4.69, 9.17) is 0 Å². The number of aromatic nitrogens is 2. The lowest BCUT2D eigenvalue weighted by Crippen LogP contribution is -1.87. The summed E-state index contributed by atoms with van der Waals surface area (Å²) in [6.07, 6.45) is 3.46. The molecule has 1 heterocycles. The molecule has 0 amide bonds. The maximum Gasteiger partial charge on any atom is 0.0759 e. The molecule has 0 saturated carbocycles. The Bertz CT molecular complexity index is 578. The van der Waals surface area contributed by atoms with Gasteiger partial charge in [0.1, 0.15) is 0 Å². The highest BCUT2D eigenvalue weighted by atomic mass is 127. The Hall–Kier alpha value is -0.590. The summed E-state index contributed by atoms with van der Waals surface area (Å²) in [4.78, 5) is 0. The van der Waals surface area contributed by atoms with Gasteiger partial charge in [-0.1, -0.05) is 18.8 Å². The van der Waals surface area contributed by atoms with E-state index in [-0.39, 0.29) is 0 Å². The van der Waals surface area contributed by atoms with Gasteiger partial charge in [-0.15, -0.1) is 0 Å². The van der Waals surface area contributed by atoms with E-state index in [1.807, 2.05) is 10.6 Å². The van der Waals surface area contributed by atoms with Crippen molar-refractivity contribution in [3.63, 3.8) is 0 Å². The largest absolute Gasteiger partial charge is 0.237 e. The van der Waals surface area contributed by atoms with Crippen LogP contribution in [-0.2, 0) is 0 Å². The summed E-state index contributed by atoms with van der Waals surface area (Å²) in [7, 11) is 0. The Morgan fingerprint density at radius 1 is 1.50 bits per heavy atom. The zero-order valence-corrected chi connectivity index (χ0v) is 12.4. The predicted molar refractivity (Wildman–Crippen MR) is 79.4 cm³/mol. The van der Waals surface area contributed by atoms with Crippen LogP contribution in [0.1, 0.15) is 24.5 Å². The van der Waals surface area contributed by atoms with Crippen molar-refractivity contribution in [2.24, 2.45) is 0 Å². The lowest BCUT2D eigenvalue weighted by molar-refractivity contribution is 1.04. The molecule has 2 rings (SSSR count). The first kappa shape index (κ1) is 11.9. The third-order valence-corrected chi connectivity index (χ3v) is 4.21. The lowest BCUT2D eigenvalue weighted by Gasteiger charge is -2.02. The first-order valence-corrected chi connectivity index (χ1v) is 9.16. The Morgan fingerprint density at radius 3 is 3.00 bits per heavy atom. The number of rotatable bonds is 1. The molecule has 2 aromatic rings. The topological polar surface area (TPSA) is 17.8 Å². The van der Waals surface area contributed by atoms with Crippen LogP contribution in [-0.4, -0.2) is 9.55 Å². The maximum absolute atomic E-state index is 4.37. The SMILES string of the molecule is CCC#Cc1cc(C)c2c(cnn2PI)c1. The van der Waals surface area contributed by atoms with Gasteiger partial charge < -0.3 is 0 Å². The van der Waals surface area contributed by atoms with Crippen LogP contribution in [0.2, 0.25) is 0 Å². The van der Waals surface area contributed by atoms with E-state index in [1.54, 1.807) is 0 Å². The summed E-state index contributed by atoms with van der Waals surface area (Å²) in [5, 5.41) is 5.55. The first-order valence-electron chi connectivity index (χ1n) is 5.10. The van der Waals surface area contributed by atoms with Crippen LogP contribution >= 0.6 is 28.4 Å². The van der Waals surface area contributed by atoms with Crippen molar-refractivity contribution in [1.82, 2.24) is 9.55 Å². The van der Waals surface area contributed by atoms with Gasteiger partial charge in [-0.3, -0.25) is 0 Å². The number of fused-ring (bicyclic) bond motifs is 1. The lowest BCUT2D eigenvalue weighted by atomic mass is 10.1. The van der Waals surface area contributed by atoms with Crippen LogP contribution in [0, 0.1) is 18.8 Å². The molecule has 0 aliphatic carbocycles. The number of aryl methyl sites for hydroxylation is 1. The molecule has 1 aromatic carbocycles. The minimum Gasteiger partial charge on any atom is -0.237 e. The van der Waals surface area contributed by atoms with Crippen molar-refractivity contribution in [3.8, 4) is 11.8 Å². The second kappa shape index (κ2) is 5.16. The monoisotopic (exact) mass is 342 g/mol. The van der Waals surface area contributed by atoms with Gasteiger partial charge in [-0.2, -0.15) is 5.10 Å². The molecule has 1 aromatic heterocycles. The van der Waals surface area contributed by atoms with Crippen LogP contribution in [0.3, 0.4) is 0 Å². The summed E-state index contributed by atoms with van der Waals surface area (Å²) in [6.45, 7) is 4.18. The van der Waals surface area contributed by atoms with Crippen LogP contribution in [0.4, 0.5) is 0 Å². The summed E-state index contributed by atoms with van der Waals surface area (Å²) >= 11 is 2.35. The van der Waals surface area contributed by atoms with E-state index in [0.29, 0.717) is 6.37 Å². The number of benzene rings is 1. The molecule has 0 fully saturated rings. The molecule has 16 heavy (non-hydrogen) atoms. The number of hydrogen-bond acceptors (Lipinski definition) is 1. The fourth-order valence-electron chi connectivity index (χ4n) is 1.70. The molecule has 0 radical (unpaired) electrons. The molecule has 0 aliphatic rings. The third kappa shape index (κ3) is 2.23. The van der Waals surface area contributed by atoms with Crippen LogP contribution in [0.15, 0.2) is 18.3 Å². The zero-order chi connectivity index (χ0) is 11.5. The Balaban J connectivity index is 2.60. The fourth-order valence-corrected chi connectivity index (χ4v) is 3.29. The second-order valence-electron chi connectivity index (χ2n) is 3.53. The van der Waals surface area contributed by atoms with E-state index < -0.39 is 0 Å². The standard InChI is InChI=1S/C12H12IN2P/c1-3-4-5-10-6-9(2)12-11(7-10)8-14-15(12)16-13/h6-8,16H,3H2,1-2H3. The summed E-state index contributed by atoms with van der Waals surface area (Å²) in [6, 6.07) is 4.26. The highest BCUT2D eigenvalue weighted by Gasteiger charge is 2.05. The quantitative estimate of drug-likeness (QED) is 0.437. The highest BCUT2D eigenvalue weighted by Crippen LogP contribution is 2.30. The van der Waals surface area contributed by atoms with Crippen LogP contribution in [0.5, 0.6) is 0 Å². The normalized spacial score (nSPS) is 10.9. The molecule has 1 unspecified atom stereocenters. The smallest absolute Gasteiger partial charge is 0.0759 e. The molecule has 1 atom stereocenters. The number of halogens is 1. The fraction of sp³-hybridized carbons (Fsp3) is 0.250. The van der Waals surface area contributed by atoms with Gasteiger partial charge in [0, 0.05) is 17.4 Å². The molecule has 0 bridgehead atoms. The van der Waals surface area contributed by atoms with Crippen LogP contribution < -0.4 is 0 Å². The highest BCUT2D eigenvalue weighted by molar-refractivity contribution is 14.2. The van der Waals surface area contributed by atoms with Crippen LogP contribution in [0.25, 0.3) is 10.9 Å². The minimum absolute atomic E-state index is 0.642. The van der Waals surface area contributed by atoms with Gasteiger partial charge in [-0.05, 0) is 46.7 Å². The minimum atomic E-state index is 0.642. The molecule has 0 aliphatic heterocycles. The molecule has 4 heteroatoms. The number of hydrogen-bond donors (Lipinski definition) is 0. The van der Waals surface area contributed by atoms with E-state index in [9.17, 15) is 0 Å². The van der Waals surface area contributed by atoms with Crippen molar-refractivity contribution in [2.45, 2.75) is 20.3 Å². The van der Waals surface area contributed by atoms with Crippen molar-refractivity contribution in [3.05, 3.63) is 29.5 Å². The molecule has 2 nitrogen and oxygen atoms in total. The van der Waals surface area contributed by atoms with E-state index in [0.717, 1.165) is 12.0 Å². The van der Waals surface area contributed by atoms with Gasteiger partial charge in [0.2, 0.25) is 0 Å². The zero-order valence-electron chi connectivity index (χ0n) is 9.21. The van der Waals surface area contributed by atoms with E-state index >= 15 is 0 Å². The average Bonchev–Trinajstić information content (AvgIpc) is 2.69. The van der Waals surface area contributed by atoms with Crippen molar-refractivity contribution >= 4 is 39.3 Å². The first-order chi connectivity index (χ1) is 7.76. The summed E-state index contributed by atoms with van der Waals surface area (Å²) in [5.74, 6) is 6.27. The van der Waals surface area contributed by atoms with Gasteiger partial charge in [-0.25, -0.2) is 4.45 Å². The molecule has 82 valence electrons. The maximum atomic E-state index is 4.37. The van der Waals surface area contributed by atoms with E-state index in [1.165, 1.54) is 16.5 Å². The third-order valence-electron chi connectivity index (χ3n) is 2.34. The van der Waals surface area contributed by atoms with Gasteiger partial charge >= 0.3 is 0 Å². The summed E-state index contributed by atoms with van der Waals surface area (Å²) in [5.41, 5.74) is 3.57. The van der Waals surface area contributed by atoms with Gasteiger partial charge in [0.05, 0.1) is 18.1 Å². The predicted octanol–water partition coefficient (Wildman–Crippen LogP) is 3.90.